The van der Waals surface area contributed by atoms with E-state index in [2.05, 4.69) is 0 Å². The quantitative estimate of drug-likeness (QED) is 0.266. The average Bonchev–Trinajstić information content (AvgIpc) is 2.79. The molecule has 1 aromatic heterocycles. The Morgan fingerprint density at radius 2 is 1.78 bits per heavy atom. The van der Waals surface area contributed by atoms with Gasteiger partial charge in [0.1, 0.15) is 43.4 Å². The number of rotatable bonds is 7. The molecule has 1 aromatic carbocycles. The van der Waals surface area contributed by atoms with E-state index < -0.39 is 61.1 Å². The van der Waals surface area contributed by atoms with Crippen LogP contribution in [0.25, 0.3) is 6.08 Å². The first-order valence-corrected chi connectivity index (χ1v) is 9.52. The molecule has 2 aromatic rings. The molecule has 32 heavy (non-hydrogen) atoms. The van der Waals surface area contributed by atoms with Crippen molar-refractivity contribution in [3.05, 3.63) is 64.2 Å². The lowest BCUT2D eigenvalue weighted by atomic mass is 9.99. The Kier molecular flexibility index (Phi) is 7.62. The molecule has 1 fully saturated rings. The molecule has 11 heteroatoms. The molecule has 5 atom stereocenters. The van der Waals surface area contributed by atoms with Crippen molar-refractivity contribution < 1.29 is 49.0 Å². The standard InChI is InChI=1S/C21H22O11/c22-9-14-20(13(24)7-8-29-14)32-21-19(28)18(27)17(26)15(31-21)10-30-16(25)6-3-11-1-4-12(23)5-2-11/h1-8,15,17-19,21-23,26-28H,9-10H2/b6-3-/t15-,17-,18+,19-,21-/m1/s1. The molecule has 11 nitrogen and oxygen atoms in total. The largest absolute Gasteiger partial charge is 0.508 e. The van der Waals surface area contributed by atoms with Crippen LogP contribution in [0.2, 0.25) is 0 Å². The van der Waals surface area contributed by atoms with Crippen molar-refractivity contribution in [3.63, 3.8) is 0 Å². The van der Waals surface area contributed by atoms with Gasteiger partial charge >= 0.3 is 5.97 Å². The Morgan fingerprint density at radius 1 is 1.06 bits per heavy atom. The number of phenolic OH excluding ortho intramolecular Hbond substituents is 1. The van der Waals surface area contributed by atoms with E-state index in [0.29, 0.717) is 5.56 Å². The van der Waals surface area contributed by atoms with Gasteiger partial charge < -0.3 is 44.2 Å². The number of ether oxygens (including phenoxy) is 3. The zero-order chi connectivity index (χ0) is 23.3. The molecule has 1 saturated heterocycles. The van der Waals surface area contributed by atoms with Crippen LogP contribution in [-0.4, -0.2) is 68.8 Å². The summed E-state index contributed by atoms with van der Waals surface area (Å²) in [5.41, 5.74) is -0.0406. The summed E-state index contributed by atoms with van der Waals surface area (Å²) in [5.74, 6) is -1.37. The van der Waals surface area contributed by atoms with Crippen LogP contribution in [0.15, 0.2) is 51.9 Å². The van der Waals surface area contributed by atoms with E-state index in [-0.39, 0.29) is 11.5 Å². The van der Waals surface area contributed by atoms with Crippen molar-refractivity contribution in [1.29, 1.82) is 0 Å². The Hall–Kier alpha value is -3.22. The maximum Gasteiger partial charge on any atom is 0.330 e. The van der Waals surface area contributed by atoms with Gasteiger partial charge in [0.05, 0.1) is 6.26 Å². The predicted molar refractivity (Wildman–Crippen MR) is 106 cm³/mol. The first kappa shape index (κ1) is 23.4. The van der Waals surface area contributed by atoms with Gasteiger partial charge in [0.25, 0.3) is 0 Å². The summed E-state index contributed by atoms with van der Waals surface area (Å²) in [5, 5.41) is 49.0. The number of aliphatic hydroxyl groups excluding tert-OH is 4. The van der Waals surface area contributed by atoms with Crippen molar-refractivity contribution in [2.75, 3.05) is 6.61 Å². The zero-order valence-corrected chi connectivity index (χ0v) is 16.6. The number of esters is 1. The van der Waals surface area contributed by atoms with Crippen molar-refractivity contribution in [2.24, 2.45) is 0 Å². The molecule has 0 amide bonds. The summed E-state index contributed by atoms with van der Waals surface area (Å²) in [6, 6.07) is 7.06. The maximum absolute atomic E-state index is 12.0. The van der Waals surface area contributed by atoms with Crippen LogP contribution in [0.1, 0.15) is 11.3 Å². The van der Waals surface area contributed by atoms with Crippen LogP contribution in [0.5, 0.6) is 11.5 Å². The molecule has 5 N–H and O–H groups in total. The topological polar surface area (TPSA) is 176 Å². The van der Waals surface area contributed by atoms with E-state index in [9.17, 15) is 35.1 Å². The summed E-state index contributed by atoms with van der Waals surface area (Å²) in [4.78, 5) is 24.0. The van der Waals surface area contributed by atoms with Crippen molar-refractivity contribution in [3.8, 4) is 11.5 Å². The number of carbonyl (C=O) groups is 1. The Morgan fingerprint density at radius 3 is 2.47 bits per heavy atom. The summed E-state index contributed by atoms with van der Waals surface area (Å²) in [7, 11) is 0. The minimum Gasteiger partial charge on any atom is -0.508 e. The van der Waals surface area contributed by atoms with Gasteiger partial charge in [-0.3, -0.25) is 4.79 Å². The molecule has 0 spiro atoms. The average molecular weight is 450 g/mol. The molecule has 0 bridgehead atoms. The SMILES string of the molecule is O=C(/C=C\c1ccc(O)cc1)OC[C@H]1O[C@H](Oc2c(CO)occc2=O)[C@H](O)[C@@H](O)[C@@H]1O. The molecular formula is C21H22O11. The molecule has 0 radical (unpaired) electrons. The molecule has 0 unspecified atom stereocenters. The fourth-order valence-corrected chi connectivity index (χ4v) is 2.91. The number of benzene rings is 1. The second-order valence-corrected chi connectivity index (χ2v) is 6.88. The molecule has 1 aliphatic rings. The van der Waals surface area contributed by atoms with Crippen molar-refractivity contribution in [2.45, 2.75) is 37.3 Å². The second-order valence-electron chi connectivity index (χ2n) is 6.88. The van der Waals surface area contributed by atoms with Crippen LogP contribution >= 0.6 is 0 Å². The van der Waals surface area contributed by atoms with Crippen LogP contribution in [-0.2, 0) is 20.9 Å². The van der Waals surface area contributed by atoms with E-state index in [0.717, 1.165) is 18.4 Å². The van der Waals surface area contributed by atoms with Gasteiger partial charge in [-0.2, -0.15) is 0 Å². The first-order valence-electron chi connectivity index (χ1n) is 9.52. The molecule has 0 aliphatic carbocycles. The van der Waals surface area contributed by atoms with Gasteiger partial charge in [-0.15, -0.1) is 0 Å². The van der Waals surface area contributed by atoms with Gasteiger partial charge in [-0.25, -0.2) is 4.79 Å². The molecule has 2 heterocycles. The number of aliphatic hydroxyl groups is 4. The van der Waals surface area contributed by atoms with Gasteiger partial charge in [-0.1, -0.05) is 12.1 Å². The third-order valence-corrected chi connectivity index (χ3v) is 4.65. The number of aromatic hydroxyl groups is 1. The molecule has 3 rings (SSSR count). The highest BCUT2D eigenvalue weighted by molar-refractivity contribution is 5.87. The van der Waals surface area contributed by atoms with Crippen molar-refractivity contribution >= 4 is 12.0 Å². The number of carbonyl (C=O) groups excluding carboxylic acids is 1. The number of hydrogen-bond acceptors (Lipinski definition) is 11. The highest BCUT2D eigenvalue weighted by Gasteiger charge is 2.46. The van der Waals surface area contributed by atoms with Gasteiger partial charge in [-0.05, 0) is 23.8 Å². The second kappa shape index (κ2) is 10.4. The lowest BCUT2D eigenvalue weighted by Gasteiger charge is -2.39. The Labute approximate surface area is 181 Å². The normalized spacial score (nSPS) is 25.6. The lowest BCUT2D eigenvalue weighted by Crippen LogP contribution is -2.60. The molecule has 0 saturated carbocycles. The first-order chi connectivity index (χ1) is 15.3. The predicted octanol–water partition coefficient (Wildman–Crippen LogP) is -0.719. The summed E-state index contributed by atoms with van der Waals surface area (Å²) in [6.07, 6.45) is -4.43. The van der Waals surface area contributed by atoms with Crippen LogP contribution in [0, 0.1) is 0 Å². The maximum atomic E-state index is 12.0. The van der Waals surface area contributed by atoms with E-state index >= 15 is 0 Å². The van der Waals surface area contributed by atoms with Gasteiger partial charge in [0.2, 0.25) is 17.5 Å². The highest BCUT2D eigenvalue weighted by atomic mass is 16.7. The Balaban J connectivity index is 1.64. The Bertz CT molecular complexity index is 998. The molecule has 1 aliphatic heterocycles. The van der Waals surface area contributed by atoms with E-state index in [1.807, 2.05) is 0 Å². The molecule has 172 valence electrons. The fraction of sp³-hybridized carbons (Fsp3) is 0.333. The number of hydrogen-bond donors (Lipinski definition) is 5. The van der Waals surface area contributed by atoms with Gasteiger partial charge in [0, 0.05) is 12.1 Å². The van der Waals surface area contributed by atoms with Crippen LogP contribution in [0.3, 0.4) is 0 Å². The summed E-state index contributed by atoms with van der Waals surface area (Å²) in [6.45, 7) is -1.17. The summed E-state index contributed by atoms with van der Waals surface area (Å²) < 4.78 is 20.7. The van der Waals surface area contributed by atoms with E-state index in [1.54, 1.807) is 12.1 Å². The van der Waals surface area contributed by atoms with Crippen LogP contribution in [0.4, 0.5) is 0 Å². The highest BCUT2D eigenvalue weighted by Crippen LogP contribution is 2.25. The van der Waals surface area contributed by atoms with Crippen LogP contribution < -0.4 is 10.2 Å². The fourth-order valence-electron chi connectivity index (χ4n) is 2.91. The van der Waals surface area contributed by atoms with Gasteiger partial charge in [0.15, 0.2) is 5.76 Å². The zero-order valence-electron chi connectivity index (χ0n) is 16.6. The smallest absolute Gasteiger partial charge is 0.330 e. The minimum absolute atomic E-state index is 0.0741. The van der Waals surface area contributed by atoms with Crippen molar-refractivity contribution in [1.82, 2.24) is 0 Å². The summed E-state index contributed by atoms with van der Waals surface area (Å²) >= 11 is 0. The lowest BCUT2D eigenvalue weighted by molar-refractivity contribution is -0.278. The molecular weight excluding hydrogens is 428 g/mol. The number of phenols is 1. The minimum atomic E-state index is -1.75. The third kappa shape index (κ3) is 5.52. The monoisotopic (exact) mass is 450 g/mol. The third-order valence-electron chi connectivity index (χ3n) is 4.65. The van der Waals surface area contributed by atoms with E-state index in [1.165, 1.54) is 18.2 Å². The van der Waals surface area contributed by atoms with E-state index in [4.69, 9.17) is 18.6 Å².